The molecule has 0 N–H and O–H groups in total. The minimum atomic E-state index is 0. The van der Waals surface area contributed by atoms with E-state index >= 15 is 0 Å². The summed E-state index contributed by atoms with van der Waals surface area (Å²) >= 11 is 0. The Balaban J connectivity index is -0.000000196. The molecule has 0 bridgehead atoms. The van der Waals surface area contributed by atoms with Gasteiger partial charge in [-0.05, 0) is 0 Å². The molecule has 0 aromatic carbocycles. The summed E-state index contributed by atoms with van der Waals surface area (Å²) in [6, 6.07) is 0. The maximum Gasteiger partial charge on any atom is 2.00 e. The van der Waals surface area contributed by atoms with Gasteiger partial charge >= 0.3 is 26.2 Å². The van der Waals surface area contributed by atoms with E-state index in [9.17, 15) is 0 Å². The van der Waals surface area contributed by atoms with E-state index in [-0.39, 0.29) is 29.1 Å². The molecule has 0 atom stereocenters. The molecule has 0 aliphatic heterocycles. The smallest absolute Gasteiger partial charge is 1.00 e. The maximum absolute atomic E-state index is 3.21. The first-order valence-electron chi connectivity index (χ1n) is 5.39. The second kappa shape index (κ2) is 9.10. The van der Waals surface area contributed by atoms with Crippen LogP contribution in [-0.4, -0.2) is 0 Å². The summed E-state index contributed by atoms with van der Waals surface area (Å²) in [7, 11) is 0. The van der Waals surface area contributed by atoms with Gasteiger partial charge in [0.1, 0.15) is 0 Å². The van der Waals surface area contributed by atoms with Crippen LogP contribution in [0, 0.1) is 12.2 Å². The van der Waals surface area contributed by atoms with Gasteiger partial charge in [-0.2, -0.15) is 12.2 Å². The molecule has 0 spiro atoms. The molecule has 0 aromatic rings. The third kappa shape index (κ3) is 6.10. The van der Waals surface area contributed by atoms with Crippen molar-refractivity contribution in [3.05, 3.63) is 47.6 Å². The maximum atomic E-state index is 3.21. The van der Waals surface area contributed by atoms with Crippen molar-refractivity contribution < 1.29 is 29.1 Å². The van der Waals surface area contributed by atoms with E-state index in [1.54, 1.807) is 0 Å². The summed E-state index contributed by atoms with van der Waals surface area (Å²) in [5.74, 6) is 0. The van der Waals surface area contributed by atoms with Crippen molar-refractivity contribution in [1.82, 2.24) is 0 Å². The molecule has 0 heterocycles. The summed E-state index contributed by atoms with van der Waals surface area (Å²) in [5.41, 5.74) is 2.72. The van der Waals surface area contributed by atoms with Gasteiger partial charge in [-0.15, -0.1) is 12.8 Å². The van der Waals surface area contributed by atoms with E-state index in [1.807, 2.05) is 0 Å². The van der Waals surface area contributed by atoms with Crippen LogP contribution in [0.15, 0.2) is 35.5 Å². The predicted octanol–water partition coefficient (Wildman–Crippen LogP) is 4.39. The monoisotopic (exact) mass is 278 g/mol. The van der Waals surface area contributed by atoms with E-state index in [0.29, 0.717) is 0 Å². The average Bonchev–Trinajstić information content (AvgIpc) is 2.92. The Morgan fingerprint density at radius 1 is 1.00 bits per heavy atom. The van der Waals surface area contributed by atoms with Crippen molar-refractivity contribution in [3.8, 4) is 0 Å². The van der Waals surface area contributed by atoms with Crippen LogP contribution in [-0.2, 0) is 26.2 Å². The van der Waals surface area contributed by atoms with Crippen molar-refractivity contribution in [2.45, 2.75) is 39.5 Å². The number of hydrogen-bond acceptors (Lipinski definition) is 0. The molecule has 2 aliphatic rings. The van der Waals surface area contributed by atoms with E-state index in [0.717, 1.165) is 25.7 Å². The van der Waals surface area contributed by atoms with Gasteiger partial charge in [-0.25, -0.2) is 23.3 Å². The zero-order chi connectivity index (χ0) is 10.2. The zero-order valence-electron chi connectivity index (χ0n) is 11.6. The van der Waals surface area contributed by atoms with E-state index in [1.165, 1.54) is 11.1 Å². The summed E-state index contributed by atoms with van der Waals surface area (Å²) in [6.07, 6.45) is 19.3. The fraction of sp³-hybridized carbons (Fsp3) is 0.429. The normalized spacial score (nSPS) is 16.4. The topological polar surface area (TPSA) is 0 Å². The molecule has 1 heteroatoms. The summed E-state index contributed by atoms with van der Waals surface area (Å²) in [5, 5.41) is 0. The van der Waals surface area contributed by atoms with Crippen molar-refractivity contribution in [2.75, 3.05) is 0 Å². The second-order valence-corrected chi connectivity index (χ2v) is 3.32. The predicted molar refractivity (Wildman–Crippen MR) is 63.8 cm³/mol. The summed E-state index contributed by atoms with van der Waals surface area (Å²) in [4.78, 5) is 0. The molecule has 15 heavy (non-hydrogen) atoms. The number of allylic oxidation sites excluding steroid dienone is 8. The molecule has 0 nitrogen and oxygen atoms in total. The Hall–Kier alpha value is -0.157. The minimum absolute atomic E-state index is 0. The van der Waals surface area contributed by atoms with E-state index in [4.69, 9.17) is 0 Å². The Morgan fingerprint density at radius 2 is 1.40 bits per heavy atom. The molecular formula is C14H20Zr-2. The molecule has 0 radical (unpaired) electrons. The Kier molecular flexibility index (Phi) is 9.00. The average molecular weight is 280 g/mol. The Morgan fingerprint density at radius 3 is 1.53 bits per heavy atom. The van der Waals surface area contributed by atoms with Crippen LogP contribution in [0.25, 0.3) is 0 Å². The molecule has 0 unspecified atom stereocenters. The van der Waals surface area contributed by atoms with Crippen molar-refractivity contribution in [1.29, 1.82) is 0 Å². The largest absolute Gasteiger partial charge is 2.00 e. The van der Waals surface area contributed by atoms with Crippen LogP contribution in [0.3, 0.4) is 0 Å². The minimum Gasteiger partial charge on any atom is -1.00 e. The van der Waals surface area contributed by atoms with Gasteiger partial charge in [0.2, 0.25) is 0 Å². The third-order valence-corrected chi connectivity index (χ3v) is 2.29. The fourth-order valence-corrected chi connectivity index (χ4v) is 1.39. The van der Waals surface area contributed by atoms with E-state index < -0.39 is 0 Å². The van der Waals surface area contributed by atoms with Crippen LogP contribution in [0.2, 0.25) is 0 Å². The fourth-order valence-electron chi connectivity index (χ4n) is 1.39. The summed E-state index contributed by atoms with van der Waals surface area (Å²) < 4.78 is 0. The van der Waals surface area contributed by atoms with Gasteiger partial charge in [0.25, 0.3) is 0 Å². The first-order valence-corrected chi connectivity index (χ1v) is 5.39. The first kappa shape index (κ1) is 14.8. The van der Waals surface area contributed by atoms with Gasteiger partial charge in [0, 0.05) is 0 Å². The van der Waals surface area contributed by atoms with E-state index in [2.05, 4.69) is 50.3 Å². The van der Waals surface area contributed by atoms with Gasteiger partial charge in [-0.3, -0.25) is 12.2 Å². The molecule has 2 rings (SSSR count). The van der Waals surface area contributed by atoms with Crippen LogP contribution >= 0.6 is 0 Å². The SMILES string of the molecule is CCC1=[C-]CC=C1.CCC1=[C-]CC=C1.[H-].[H-].[Zr+2]. The molecule has 0 amide bonds. The Bertz CT molecular complexity index is 259. The second-order valence-electron chi connectivity index (χ2n) is 3.32. The Labute approximate surface area is 116 Å². The zero-order valence-corrected chi connectivity index (χ0v) is 12.1. The van der Waals surface area contributed by atoms with Gasteiger partial charge in [-0.1, -0.05) is 26.7 Å². The van der Waals surface area contributed by atoms with Crippen LogP contribution in [0.4, 0.5) is 0 Å². The standard InChI is InChI=1S/2C7H9.Zr.2H/c2*1-2-7-5-3-4-6-7;;;/h2*3,5H,2,4H2,1H3;;;/q2*-1;+2;2*-1. The first-order chi connectivity index (χ1) is 6.86. The molecule has 82 valence electrons. The van der Waals surface area contributed by atoms with Crippen molar-refractivity contribution in [3.63, 3.8) is 0 Å². The van der Waals surface area contributed by atoms with Crippen LogP contribution in [0.1, 0.15) is 42.4 Å². The number of hydrogen-bond donors (Lipinski definition) is 0. The molecular weight excluding hydrogens is 259 g/mol. The third-order valence-electron chi connectivity index (χ3n) is 2.29. The van der Waals surface area contributed by atoms with Crippen LogP contribution in [0.5, 0.6) is 0 Å². The van der Waals surface area contributed by atoms with Crippen LogP contribution < -0.4 is 0 Å². The van der Waals surface area contributed by atoms with Gasteiger partial charge in [0.05, 0.1) is 0 Å². The van der Waals surface area contributed by atoms with Gasteiger partial charge in [0.15, 0.2) is 0 Å². The quantitative estimate of drug-likeness (QED) is 0.658. The van der Waals surface area contributed by atoms with Crippen molar-refractivity contribution >= 4 is 0 Å². The molecule has 2 aliphatic carbocycles. The van der Waals surface area contributed by atoms with Gasteiger partial charge < -0.3 is 2.85 Å². The molecule has 0 aromatic heterocycles. The molecule has 0 saturated heterocycles. The number of rotatable bonds is 2. The molecule has 0 saturated carbocycles. The molecule has 0 fully saturated rings. The summed E-state index contributed by atoms with van der Waals surface area (Å²) in [6.45, 7) is 4.30. The van der Waals surface area contributed by atoms with Crippen molar-refractivity contribution in [2.24, 2.45) is 0 Å².